The van der Waals surface area contributed by atoms with Gasteiger partial charge >= 0.3 is 0 Å². The Morgan fingerprint density at radius 2 is 1.58 bits per heavy atom. The predicted octanol–water partition coefficient (Wildman–Crippen LogP) is 2.82. The van der Waals surface area contributed by atoms with E-state index in [2.05, 4.69) is 0 Å². The normalized spacial score (nSPS) is 21.8. The maximum atomic E-state index is 10.2. The maximum absolute atomic E-state index is 10.2. The minimum Gasteiger partial charge on any atom is -0.496 e. The van der Waals surface area contributed by atoms with Crippen LogP contribution < -0.4 is 9.47 Å². The molecule has 186 valence electrons. The van der Waals surface area contributed by atoms with Gasteiger partial charge in [-0.3, -0.25) is 0 Å². The molecule has 2 heterocycles. The fourth-order valence-corrected chi connectivity index (χ4v) is 4.22. The number of nitrogens with zero attached hydrogens (tertiary/aromatic N) is 3. The number of hydrogen-bond donors (Lipinski definition) is 3. The van der Waals surface area contributed by atoms with E-state index in [9.17, 15) is 15.3 Å². The van der Waals surface area contributed by atoms with Crippen molar-refractivity contribution in [1.29, 1.82) is 0 Å². The molecule has 9 nitrogen and oxygen atoms in total. The van der Waals surface area contributed by atoms with Gasteiger partial charge in [-0.05, 0) is 36.4 Å². The number of aliphatic hydroxyl groups is 3. The first kappa shape index (κ1) is 24.0. The summed E-state index contributed by atoms with van der Waals surface area (Å²) in [6, 6.07) is 24.5. The summed E-state index contributed by atoms with van der Waals surface area (Å²) in [6.07, 6.45) is -4.04. The molecular weight excluding hydrogens is 462 g/mol. The zero-order valence-corrected chi connectivity index (χ0v) is 19.6. The van der Waals surface area contributed by atoms with Crippen molar-refractivity contribution >= 4 is 0 Å². The number of benzene rings is 3. The Bertz CT molecular complexity index is 1310. The first-order chi connectivity index (χ1) is 17.6. The van der Waals surface area contributed by atoms with Gasteiger partial charge in [0.05, 0.1) is 36.6 Å². The van der Waals surface area contributed by atoms with Crippen LogP contribution in [-0.4, -0.2) is 68.4 Å². The highest BCUT2D eigenvalue weighted by atomic mass is 16.7. The zero-order valence-electron chi connectivity index (χ0n) is 19.6. The third-order valence-corrected chi connectivity index (χ3v) is 6.06. The van der Waals surface area contributed by atoms with E-state index in [1.807, 2.05) is 72.8 Å². The van der Waals surface area contributed by atoms with Crippen LogP contribution in [0.25, 0.3) is 28.5 Å². The molecule has 4 atom stereocenters. The van der Waals surface area contributed by atoms with Gasteiger partial charge in [-0.2, -0.15) is 0 Å². The largest absolute Gasteiger partial charge is 0.496 e. The number of ether oxygens (including phenoxy) is 3. The van der Waals surface area contributed by atoms with Gasteiger partial charge in [0.2, 0.25) is 6.29 Å². The molecule has 36 heavy (non-hydrogen) atoms. The van der Waals surface area contributed by atoms with Gasteiger partial charge in [0.25, 0.3) is 0 Å². The maximum Gasteiger partial charge on any atom is 0.202 e. The quantitative estimate of drug-likeness (QED) is 0.363. The Kier molecular flexibility index (Phi) is 6.97. The molecule has 0 spiro atoms. The molecule has 4 aromatic rings. The average Bonchev–Trinajstić information content (AvgIpc) is 3.36. The summed E-state index contributed by atoms with van der Waals surface area (Å²) >= 11 is 0. The molecule has 0 bridgehead atoms. The first-order valence-electron chi connectivity index (χ1n) is 11.6. The lowest BCUT2D eigenvalue weighted by molar-refractivity contribution is -0.229. The summed E-state index contributed by atoms with van der Waals surface area (Å²) < 4.78 is 19.1. The number of para-hydroxylation sites is 3. The van der Waals surface area contributed by atoms with Crippen LogP contribution in [0, 0.1) is 0 Å². The minimum absolute atomic E-state index is 0.0455. The fourth-order valence-electron chi connectivity index (χ4n) is 4.22. The Labute approximate surface area is 208 Å². The van der Waals surface area contributed by atoms with Gasteiger partial charge in [0.15, 0.2) is 11.6 Å². The lowest BCUT2D eigenvalue weighted by atomic mass is 10.0. The van der Waals surface area contributed by atoms with E-state index in [0.29, 0.717) is 28.7 Å². The van der Waals surface area contributed by atoms with Gasteiger partial charge in [-0.15, -0.1) is 5.10 Å². The van der Waals surface area contributed by atoms with E-state index < -0.39 is 31.2 Å². The second-order valence-corrected chi connectivity index (χ2v) is 8.40. The predicted molar refractivity (Wildman–Crippen MR) is 132 cm³/mol. The molecule has 1 aliphatic rings. The average molecular weight is 490 g/mol. The molecule has 1 unspecified atom stereocenters. The number of methoxy groups -OCH3 is 1. The number of aromatic nitrogens is 3. The van der Waals surface area contributed by atoms with Crippen molar-refractivity contribution in [2.24, 2.45) is 0 Å². The molecule has 9 heteroatoms. The van der Waals surface area contributed by atoms with Crippen LogP contribution in [0.15, 0.2) is 78.9 Å². The standard InChI is InChI=1S/C27H27N3O6/c1-34-21-13-7-5-11-18(21)26-28-27(30(29-26)17-9-3-2-4-10-17)19-12-6-8-14-22(19)35-24-15-20(32)25(33)23(16-31)36-24/h2-14,20,23-25,31-33H,15-16H2,1H3/t20-,23-,24?,25-/m1/s1. The van der Waals surface area contributed by atoms with Crippen molar-refractivity contribution in [3.8, 4) is 40.0 Å². The van der Waals surface area contributed by atoms with Crippen LogP contribution in [0.1, 0.15) is 6.42 Å². The van der Waals surface area contributed by atoms with Crippen molar-refractivity contribution in [1.82, 2.24) is 14.8 Å². The third kappa shape index (κ3) is 4.69. The van der Waals surface area contributed by atoms with Crippen molar-refractivity contribution in [3.63, 3.8) is 0 Å². The highest BCUT2D eigenvalue weighted by molar-refractivity contribution is 5.71. The summed E-state index contributed by atoms with van der Waals surface area (Å²) in [7, 11) is 1.60. The SMILES string of the molecule is COc1ccccc1-c1nc(-c2ccccc2OC2C[C@@H](O)[C@@H](O)[C@@H](CO)O2)n(-c2ccccc2)n1. The molecular formula is C27H27N3O6. The summed E-state index contributed by atoms with van der Waals surface area (Å²) in [5.74, 6) is 2.12. The second kappa shape index (κ2) is 10.5. The van der Waals surface area contributed by atoms with Crippen molar-refractivity contribution in [2.45, 2.75) is 31.0 Å². The van der Waals surface area contributed by atoms with Crippen LogP contribution in [-0.2, 0) is 4.74 Å². The molecule has 0 radical (unpaired) electrons. The number of aliphatic hydroxyl groups excluding tert-OH is 3. The molecule has 3 N–H and O–H groups in total. The van der Waals surface area contributed by atoms with Crippen LogP contribution in [0.2, 0.25) is 0 Å². The van der Waals surface area contributed by atoms with Crippen LogP contribution in [0.4, 0.5) is 0 Å². The minimum atomic E-state index is -1.19. The smallest absolute Gasteiger partial charge is 0.202 e. The molecule has 0 saturated carbocycles. The molecule has 3 aromatic carbocycles. The van der Waals surface area contributed by atoms with Crippen molar-refractivity contribution in [2.75, 3.05) is 13.7 Å². The van der Waals surface area contributed by atoms with E-state index in [0.717, 1.165) is 11.3 Å². The van der Waals surface area contributed by atoms with E-state index in [4.69, 9.17) is 24.3 Å². The Morgan fingerprint density at radius 3 is 2.31 bits per heavy atom. The van der Waals surface area contributed by atoms with Gasteiger partial charge in [0, 0.05) is 6.42 Å². The Hall–Kier alpha value is -3.76. The molecule has 0 aliphatic carbocycles. The highest BCUT2D eigenvalue weighted by Crippen LogP contribution is 2.35. The van der Waals surface area contributed by atoms with E-state index in [1.165, 1.54) is 0 Å². The molecule has 1 fully saturated rings. The molecule has 1 aliphatic heterocycles. The first-order valence-corrected chi connectivity index (χ1v) is 11.6. The fraction of sp³-hybridized carbons (Fsp3) is 0.259. The van der Waals surface area contributed by atoms with Gasteiger partial charge in [-0.25, -0.2) is 9.67 Å². The monoisotopic (exact) mass is 489 g/mol. The number of rotatable bonds is 7. The van der Waals surface area contributed by atoms with Crippen LogP contribution >= 0.6 is 0 Å². The Balaban J connectivity index is 1.58. The topological polar surface area (TPSA) is 119 Å². The van der Waals surface area contributed by atoms with E-state index in [-0.39, 0.29) is 6.42 Å². The molecule has 0 amide bonds. The highest BCUT2D eigenvalue weighted by Gasteiger charge is 2.37. The lowest BCUT2D eigenvalue weighted by Gasteiger charge is -2.36. The molecule has 1 saturated heterocycles. The molecule has 1 aromatic heterocycles. The lowest BCUT2D eigenvalue weighted by Crippen LogP contribution is -2.51. The van der Waals surface area contributed by atoms with Crippen molar-refractivity contribution in [3.05, 3.63) is 78.9 Å². The third-order valence-electron chi connectivity index (χ3n) is 6.06. The summed E-state index contributed by atoms with van der Waals surface area (Å²) in [4.78, 5) is 4.87. The number of hydrogen-bond acceptors (Lipinski definition) is 8. The van der Waals surface area contributed by atoms with E-state index in [1.54, 1.807) is 17.9 Å². The Morgan fingerprint density at radius 1 is 0.917 bits per heavy atom. The van der Waals surface area contributed by atoms with Gasteiger partial charge < -0.3 is 29.5 Å². The van der Waals surface area contributed by atoms with Gasteiger partial charge in [0.1, 0.15) is 23.7 Å². The van der Waals surface area contributed by atoms with Crippen molar-refractivity contribution < 1.29 is 29.5 Å². The van der Waals surface area contributed by atoms with Crippen LogP contribution in [0.3, 0.4) is 0 Å². The summed E-state index contributed by atoms with van der Waals surface area (Å²) in [5.41, 5.74) is 2.20. The second-order valence-electron chi connectivity index (χ2n) is 8.40. The van der Waals surface area contributed by atoms with Gasteiger partial charge in [-0.1, -0.05) is 42.5 Å². The summed E-state index contributed by atoms with van der Waals surface area (Å²) in [5, 5.41) is 34.6. The zero-order chi connectivity index (χ0) is 25.1. The van der Waals surface area contributed by atoms with E-state index >= 15 is 0 Å². The summed E-state index contributed by atoms with van der Waals surface area (Å²) in [6.45, 7) is -0.440. The van der Waals surface area contributed by atoms with Crippen LogP contribution in [0.5, 0.6) is 11.5 Å². The molecule has 5 rings (SSSR count).